The van der Waals surface area contributed by atoms with E-state index in [1.165, 1.54) is 6.92 Å². The van der Waals surface area contributed by atoms with Crippen LogP contribution in [0, 0.1) is 11.6 Å². The molecule has 0 spiro atoms. The highest BCUT2D eigenvalue weighted by Gasteiger charge is 2.41. The topological polar surface area (TPSA) is 9.23 Å². The smallest absolute Gasteiger partial charge is 0.304 e. The number of alkyl halides is 2. The predicted octanol–water partition coefficient (Wildman–Crippen LogP) is 5.17. The number of allylic oxidation sites excluding steroid dienone is 2. The quantitative estimate of drug-likeness (QED) is 0.681. The second-order valence-electron chi connectivity index (χ2n) is 5.15. The Labute approximate surface area is 125 Å². The number of benzene rings is 1. The van der Waals surface area contributed by atoms with E-state index in [1.54, 1.807) is 6.92 Å². The lowest BCUT2D eigenvalue weighted by Gasteiger charge is -2.21. The minimum Gasteiger partial charge on any atom is -0.304 e. The average Bonchev–Trinajstić information content (AvgIpc) is 2.66. The summed E-state index contributed by atoms with van der Waals surface area (Å²) in [4.78, 5) is 0. The number of hydrogen-bond acceptors (Lipinski definition) is 1. The molecule has 1 aromatic rings. The van der Waals surface area contributed by atoms with Crippen LogP contribution in [0.4, 0.5) is 22.0 Å². The molecule has 1 aliphatic rings. The molecule has 0 saturated heterocycles. The maximum Gasteiger partial charge on any atom is 0.389 e. The van der Waals surface area contributed by atoms with Crippen LogP contribution < -0.4 is 0 Å². The van der Waals surface area contributed by atoms with Gasteiger partial charge in [-0.25, -0.2) is 13.2 Å². The molecule has 6 heteroatoms. The van der Waals surface area contributed by atoms with Gasteiger partial charge in [-0.3, -0.25) is 0 Å². The number of halogens is 5. The Hall–Kier alpha value is -1.69. The average molecular weight is 318 g/mol. The van der Waals surface area contributed by atoms with Crippen molar-refractivity contribution in [3.05, 3.63) is 58.4 Å². The molecule has 120 valence electrons. The number of ether oxygens (including phenoxy) is 1. The van der Waals surface area contributed by atoms with Crippen LogP contribution in [-0.2, 0) is 17.3 Å². The first-order valence-electron chi connectivity index (χ1n) is 6.84. The van der Waals surface area contributed by atoms with Crippen molar-refractivity contribution in [1.29, 1.82) is 0 Å². The van der Waals surface area contributed by atoms with Crippen molar-refractivity contribution in [1.82, 2.24) is 0 Å². The molecule has 0 saturated carbocycles. The van der Waals surface area contributed by atoms with E-state index in [-0.39, 0.29) is 5.57 Å². The van der Waals surface area contributed by atoms with E-state index in [0.29, 0.717) is 18.4 Å². The van der Waals surface area contributed by atoms with Gasteiger partial charge in [-0.15, -0.1) is 0 Å². The molecule has 0 bridgehead atoms. The lowest BCUT2D eigenvalue weighted by molar-refractivity contribution is -0.259. The SMILES string of the molecule is CCCc1cc(F)c(C(F)(F)OC2C=C(C)C(F)=C2)c(F)c1. The highest BCUT2D eigenvalue weighted by atomic mass is 19.3. The molecule has 0 N–H and O–H groups in total. The molecule has 1 nitrogen and oxygen atoms in total. The van der Waals surface area contributed by atoms with Crippen molar-refractivity contribution in [3.63, 3.8) is 0 Å². The largest absolute Gasteiger partial charge is 0.389 e. The molecule has 0 amide bonds. The molecule has 0 aromatic heterocycles. The van der Waals surface area contributed by atoms with Crippen molar-refractivity contribution in [2.24, 2.45) is 0 Å². The molecule has 0 radical (unpaired) electrons. The van der Waals surface area contributed by atoms with Gasteiger partial charge in [0.25, 0.3) is 0 Å². The Morgan fingerprint density at radius 1 is 1.09 bits per heavy atom. The first kappa shape index (κ1) is 16.7. The van der Waals surface area contributed by atoms with Crippen molar-refractivity contribution < 1.29 is 26.7 Å². The van der Waals surface area contributed by atoms with E-state index in [1.807, 2.05) is 0 Å². The molecule has 0 heterocycles. The molecule has 0 fully saturated rings. The molecule has 1 aromatic carbocycles. The van der Waals surface area contributed by atoms with E-state index >= 15 is 0 Å². The Kier molecular flexibility index (Phi) is 4.70. The molecular formula is C16H15F5O. The van der Waals surface area contributed by atoms with E-state index in [0.717, 1.165) is 24.3 Å². The molecule has 2 rings (SSSR count). The fourth-order valence-corrected chi connectivity index (χ4v) is 2.28. The van der Waals surface area contributed by atoms with Gasteiger partial charge in [0.15, 0.2) is 0 Å². The summed E-state index contributed by atoms with van der Waals surface area (Å²) < 4.78 is 73.3. The zero-order chi connectivity index (χ0) is 16.5. The summed E-state index contributed by atoms with van der Waals surface area (Å²) in [6, 6.07) is 1.73. The third kappa shape index (κ3) is 3.38. The lowest BCUT2D eigenvalue weighted by Crippen LogP contribution is -2.26. The van der Waals surface area contributed by atoms with Crippen LogP contribution in [0.25, 0.3) is 0 Å². The summed E-state index contributed by atoms with van der Waals surface area (Å²) in [5.74, 6) is -3.45. The third-order valence-corrected chi connectivity index (χ3v) is 3.32. The van der Waals surface area contributed by atoms with Crippen molar-refractivity contribution in [3.8, 4) is 0 Å². The highest BCUT2D eigenvalue weighted by molar-refractivity contribution is 5.34. The van der Waals surface area contributed by atoms with Gasteiger partial charge >= 0.3 is 6.11 Å². The predicted molar refractivity (Wildman–Crippen MR) is 72.1 cm³/mol. The van der Waals surface area contributed by atoms with E-state index in [9.17, 15) is 22.0 Å². The summed E-state index contributed by atoms with van der Waals surface area (Å²) in [6.07, 6.45) is -2.64. The van der Waals surface area contributed by atoms with Crippen LogP contribution in [0.2, 0.25) is 0 Å². The molecule has 22 heavy (non-hydrogen) atoms. The fraction of sp³-hybridized carbons (Fsp3) is 0.375. The van der Waals surface area contributed by atoms with Crippen LogP contribution in [0.3, 0.4) is 0 Å². The normalized spacial score (nSPS) is 18.4. The van der Waals surface area contributed by atoms with Crippen LogP contribution in [0.15, 0.2) is 35.7 Å². The van der Waals surface area contributed by atoms with Gasteiger partial charge in [0.05, 0.1) is 0 Å². The van der Waals surface area contributed by atoms with Gasteiger partial charge in [0.1, 0.15) is 29.1 Å². The van der Waals surface area contributed by atoms with E-state index in [4.69, 9.17) is 0 Å². The third-order valence-electron chi connectivity index (χ3n) is 3.32. The first-order chi connectivity index (χ1) is 10.2. The Morgan fingerprint density at radius 3 is 2.14 bits per heavy atom. The maximum absolute atomic E-state index is 14.0. The molecule has 1 unspecified atom stereocenters. The minimum atomic E-state index is -4.21. The zero-order valence-electron chi connectivity index (χ0n) is 12.1. The van der Waals surface area contributed by atoms with Gasteiger partial charge in [-0.1, -0.05) is 13.3 Å². The number of aryl methyl sites for hydroxylation is 1. The maximum atomic E-state index is 14.0. The summed E-state index contributed by atoms with van der Waals surface area (Å²) in [6.45, 7) is 3.19. The second-order valence-corrected chi connectivity index (χ2v) is 5.15. The lowest BCUT2D eigenvalue weighted by atomic mass is 10.1. The Morgan fingerprint density at radius 2 is 1.68 bits per heavy atom. The van der Waals surface area contributed by atoms with E-state index < -0.39 is 35.2 Å². The van der Waals surface area contributed by atoms with Gasteiger partial charge in [-0.05, 0) is 48.8 Å². The zero-order valence-corrected chi connectivity index (χ0v) is 12.1. The van der Waals surface area contributed by atoms with Crippen LogP contribution in [0.1, 0.15) is 31.4 Å². The summed E-state index contributed by atoms with van der Waals surface area (Å²) in [5, 5.41) is 0. The molecule has 0 aliphatic heterocycles. The van der Waals surface area contributed by atoms with Gasteiger partial charge in [0, 0.05) is 0 Å². The highest BCUT2D eigenvalue weighted by Crippen LogP contribution is 2.37. The van der Waals surface area contributed by atoms with Crippen LogP contribution >= 0.6 is 0 Å². The van der Waals surface area contributed by atoms with Crippen molar-refractivity contribution in [2.45, 2.75) is 38.9 Å². The van der Waals surface area contributed by atoms with Gasteiger partial charge in [0.2, 0.25) is 0 Å². The minimum absolute atomic E-state index is 0.139. The number of rotatable bonds is 5. The van der Waals surface area contributed by atoms with Crippen LogP contribution in [0.5, 0.6) is 0 Å². The van der Waals surface area contributed by atoms with Crippen molar-refractivity contribution >= 4 is 0 Å². The fourth-order valence-electron chi connectivity index (χ4n) is 2.28. The number of hydrogen-bond donors (Lipinski definition) is 0. The Bertz CT molecular complexity index is 592. The second kappa shape index (κ2) is 6.20. The van der Waals surface area contributed by atoms with Crippen LogP contribution in [-0.4, -0.2) is 6.10 Å². The summed E-state index contributed by atoms with van der Waals surface area (Å²) in [5.41, 5.74) is -1.03. The van der Waals surface area contributed by atoms with Crippen molar-refractivity contribution in [2.75, 3.05) is 0 Å². The molecule has 1 aliphatic carbocycles. The molecule has 1 atom stereocenters. The summed E-state index contributed by atoms with van der Waals surface area (Å²) >= 11 is 0. The Balaban J connectivity index is 2.30. The van der Waals surface area contributed by atoms with E-state index in [2.05, 4.69) is 4.74 Å². The molecular weight excluding hydrogens is 303 g/mol. The van der Waals surface area contributed by atoms with Gasteiger partial charge < -0.3 is 4.74 Å². The summed E-state index contributed by atoms with van der Waals surface area (Å²) in [7, 11) is 0. The monoisotopic (exact) mass is 318 g/mol. The first-order valence-corrected chi connectivity index (χ1v) is 6.84. The standard InChI is InChI=1S/C16H15F5O/c1-3-4-10-6-13(18)15(14(19)7-10)16(20,21)22-11-5-9(2)12(17)8-11/h5-8,11H,3-4H2,1-2H3. The van der Waals surface area contributed by atoms with Gasteiger partial charge in [-0.2, -0.15) is 8.78 Å².